The zero-order valence-electron chi connectivity index (χ0n) is 11.6. The summed E-state index contributed by atoms with van der Waals surface area (Å²) in [5, 5.41) is 0.958. The van der Waals surface area contributed by atoms with Gasteiger partial charge in [0.1, 0.15) is 10.6 Å². The molecule has 0 bridgehead atoms. The lowest BCUT2D eigenvalue weighted by Crippen LogP contribution is -1.94. The Bertz CT molecular complexity index is 1070. The highest BCUT2D eigenvalue weighted by molar-refractivity contribution is 7.71. The molecule has 0 aliphatic carbocycles. The Kier molecular flexibility index (Phi) is 2.91. The summed E-state index contributed by atoms with van der Waals surface area (Å²) in [4.78, 5) is 17.4. The smallest absolute Gasteiger partial charge is 0.199 e. The number of nitrogen functional groups attached to an aromatic ring is 1. The minimum Gasteiger partial charge on any atom is -0.382 e. The van der Waals surface area contributed by atoms with Gasteiger partial charge in [0.15, 0.2) is 10.6 Å². The summed E-state index contributed by atoms with van der Waals surface area (Å²) in [6.45, 7) is 1.97. The first kappa shape index (κ1) is 13.3. The van der Waals surface area contributed by atoms with Crippen molar-refractivity contribution in [3.63, 3.8) is 0 Å². The highest BCUT2D eigenvalue weighted by atomic mass is 32.1. The Hall–Kier alpha value is -2.38. The molecule has 22 heavy (non-hydrogen) atoms. The molecular formula is C15H11N5S2. The second-order valence-electron chi connectivity index (χ2n) is 4.91. The Morgan fingerprint density at radius 1 is 1.14 bits per heavy atom. The number of H-pyrrole nitrogens is 1. The van der Waals surface area contributed by atoms with Crippen molar-refractivity contribution < 1.29 is 0 Å². The summed E-state index contributed by atoms with van der Waals surface area (Å²) in [6, 6.07) is 9.92. The van der Waals surface area contributed by atoms with Crippen LogP contribution < -0.4 is 5.73 Å². The summed E-state index contributed by atoms with van der Waals surface area (Å²) >= 11 is 6.62. The molecule has 0 saturated carbocycles. The van der Waals surface area contributed by atoms with Crippen molar-refractivity contribution in [1.29, 1.82) is 0 Å². The number of benzene rings is 1. The monoisotopic (exact) mass is 325 g/mol. The van der Waals surface area contributed by atoms with Crippen LogP contribution in [0.1, 0.15) is 5.69 Å². The van der Waals surface area contributed by atoms with Crippen molar-refractivity contribution in [3.8, 4) is 11.4 Å². The molecule has 108 valence electrons. The van der Waals surface area contributed by atoms with Crippen molar-refractivity contribution in [2.75, 3.05) is 5.73 Å². The van der Waals surface area contributed by atoms with Gasteiger partial charge in [-0.25, -0.2) is 15.0 Å². The number of nitrogens with one attached hydrogen (secondary N) is 1. The molecule has 0 aliphatic rings. The molecule has 4 aromatic rings. The summed E-state index contributed by atoms with van der Waals surface area (Å²) in [5.74, 6) is 1.14. The fourth-order valence-corrected chi connectivity index (χ4v) is 3.76. The zero-order valence-corrected chi connectivity index (χ0v) is 13.3. The van der Waals surface area contributed by atoms with E-state index in [2.05, 4.69) is 19.9 Å². The standard InChI is InChI=1S/C15H11N5S2/c1-7-9-10-11(12(16)19-15(21)18-10)22-14(9)20-13(17-7)8-5-3-2-4-6-8/h2-6H,1H3,(H3,16,18,19,21). The van der Waals surface area contributed by atoms with Gasteiger partial charge in [-0.05, 0) is 19.1 Å². The molecule has 0 aliphatic heterocycles. The van der Waals surface area contributed by atoms with Gasteiger partial charge in [-0.2, -0.15) is 0 Å². The molecule has 0 atom stereocenters. The normalized spacial score (nSPS) is 11.3. The molecular weight excluding hydrogens is 314 g/mol. The Morgan fingerprint density at radius 2 is 1.91 bits per heavy atom. The summed E-state index contributed by atoms with van der Waals surface area (Å²) in [7, 11) is 0. The van der Waals surface area contributed by atoms with E-state index in [0.29, 0.717) is 16.4 Å². The van der Waals surface area contributed by atoms with E-state index in [9.17, 15) is 0 Å². The van der Waals surface area contributed by atoms with Gasteiger partial charge < -0.3 is 10.7 Å². The van der Waals surface area contributed by atoms with Crippen molar-refractivity contribution in [1.82, 2.24) is 19.9 Å². The van der Waals surface area contributed by atoms with Gasteiger partial charge in [0.2, 0.25) is 0 Å². The summed E-state index contributed by atoms with van der Waals surface area (Å²) < 4.78 is 1.24. The van der Waals surface area contributed by atoms with Crippen molar-refractivity contribution >= 4 is 49.8 Å². The van der Waals surface area contributed by atoms with E-state index in [0.717, 1.165) is 31.7 Å². The van der Waals surface area contributed by atoms with Crippen LogP contribution in [0.15, 0.2) is 30.3 Å². The predicted octanol–water partition coefficient (Wildman–Crippen LogP) is 3.85. The highest BCUT2D eigenvalue weighted by Crippen LogP contribution is 2.36. The molecule has 1 aromatic carbocycles. The zero-order chi connectivity index (χ0) is 15.3. The van der Waals surface area contributed by atoms with Crippen molar-refractivity contribution in [2.45, 2.75) is 6.92 Å². The topological polar surface area (TPSA) is 80.5 Å². The first-order valence-corrected chi connectivity index (χ1v) is 7.88. The first-order chi connectivity index (χ1) is 10.6. The Labute approximate surface area is 134 Å². The van der Waals surface area contributed by atoms with Crippen molar-refractivity contribution in [2.24, 2.45) is 0 Å². The summed E-state index contributed by atoms with van der Waals surface area (Å²) in [6.07, 6.45) is 0. The van der Waals surface area contributed by atoms with Gasteiger partial charge in [0.25, 0.3) is 0 Å². The first-order valence-electron chi connectivity index (χ1n) is 6.65. The number of aromatic amines is 1. The van der Waals surface area contributed by atoms with Gasteiger partial charge in [0.05, 0.1) is 21.3 Å². The van der Waals surface area contributed by atoms with Crippen LogP contribution in [0.3, 0.4) is 0 Å². The Morgan fingerprint density at radius 3 is 2.68 bits per heavy atom. The third-order valence-electron chi connectivity index (χ3n) is 3.45. The molecule has 3 N–H and O–H groups in total. The van der Waals surface area contributed by atoms with Crippen molar-refractivity contribution in [3.05, 3.63) is 40.8 Å². The maximum absolute atomic E-state index is 5.98. The molecule has 5 nitrogen and oxygen atoms in total. The molecule has 0 saturated heterocycles. The third-order valence-corrected chi connectivity index (χ3v) is 4.75. The average Bonchev–Trinajstić information content (AvgIpc) is 2.87. The number of anilines is 1. The fourth-order valence-electron chi connectivity index (χ4n) is 2.48. The van der Waals surface area contributed by atoms with Gasteiger partial charge in [0, 0.05) is 5.56 Å². The molecule has 3 aromatic heterocycles. The molecule has 0 spiro atoms. The molecule has 0 unspecified atom stereocenters. The summed E-state index contributed by atoms with van der Waals surface area (Å²) in [5.41, 5.74) is 8.74. The number of fused-ring (bicyclic) bond motifs is 3. The van der Waals surface area contributed by atoms with Gasteiger partial charge in [-0.15, -0.1) is 11.3 Å². The number of hydrogen-bond acceptors (Lipinski definition) is 6. The molecule has 7 heteroatoms. The number of aryl methyl sites for hydroxylation is 1. The largest absolute Gasteiger partial charge is 0.382 e. The predicted molar refractivity (Wildman–Crippen MR) is 92.5 cm³/mol. The van der Waals surface area contributed by atoms with Crippen LogP contribution in [-0.2, 0) is 0 Å². The fraction of sp³-hybridized carbons (Fsp3) is 0.0667. The number of thiophene rings is 1. The molecule has 0 fully saturated rings. The number of nitrogens with two attached hydrogens (primary N) is 1. The number of aromatic nitrogens is 4. The van der Waals surface area contributed by atoms with Gasteiger partial charge >= 0.3 is 0 Å². The van der Waals surface area contributed by atoms with E-state index in [4.69, 9.17) is 18.0 Å². The van der Waals surface area contributed by atoms with Crippen LogP contribution in [0.2, 0.25) is 0 Å². The molecule has 0 amide bonds. The second-order valence-corrected chi connectivity index (χ2v) is 6.30. The second kappa shape index (κ2) is 4.82. The lowest BCUT2D eigenvalue weighted by molar-refractivity contribution is 1.16. The van der Waals surface area contributed by atoms with E-state index in [-0.39, 0.29) is 0 Å². The highest BCUT2D eigenvalue weighted by Gasteiger charge is 2.15. The minimum absolute atomic E-state index is 0.372. The van der Waals surface area contributed by atoms with Crippen LogP contribution in [-0.4, -0.2) is 19.9 Å². The lowest BCUT2D eigenvalue weighted by Gasteiger charge is -2.03. The molecule has 3 heterocycles. The van der Waals surface area contributed by atoms with Crippen LogP contribution in [0, 0.1) is 11.7 Å². The maximum Gasteiger partial charge on any atom is 0.199 e. The average molecular weight is 325 g/mol. The van der Waals surface area contributed by atoms with Crippen LogP contribution in [0.5, 0.6) is 0 Å². The van der Waals surface area contributed by atoms with Gasteiger partial charge in [-0.1, -0.05) is 30.3 Å². The lowest BCUT2D eigenvalue weighted by atomic mass is 10.2. The third kappa shape index (κ3) is 1.98. The SMILES string of the molecule is Cc1nc(-c2ccccc2)nc2sc3c(N)nc(=S)[nH]c3c12. The van der Waals surface area contributed by atoms with E-state index in [1.807, 2.05) is 37.3 Å². The number of rotatable bonds is 1. The van der Waals surface area contributed by atoms with E-state index < -0.39 is 0 Å². The van der Waals surface area contributed by atoms with Crippen LogP contribution in [0.25, 0.3) is 31.8 Å². The number of nitrogens with zero attached hydrogens (tertiary/aromatic N) is 3. The van der Waals surface area contributed by atoms with E-state index >= 15 is 0 Å². The molecule has 4 rings (SSSR count). The van der Waals surface area contributed by atoms with E-state index in [1.165, 1.54) is 11.3 Å². The number of hydrogen-bond donors (Lipinski definition) is 2. The quantitative estimate of drug-likeness (QED) is 0.519. The minimum atomic E-state index is 0.372. The maximum atomic E-state index is 5.98. The van der Waals surface area contributed by atoms with E-state index in [1.54, 1.807) is 0 Å². The Balaban J connectivity index is 2.10. The van der Waals surface area contributed by atoms with Gasteiger partial charge in [-0.3, -0.25) is 0 Å². The van der Waals surface area contributed by atoms with Crippen LogP contribution in [0.4, 0.5) is 5.82 Å². The molecule has 0 radical (unpaired) electrons. The van der Waals surface area contributed by atoms with Crippen LogP contribution >= 0.6 is 23.6 Å².